The lowest BCUT2D eigenvalue weighted by Gasteiger charge is -2.16. The normalized spacial score (nSPS) is 11.5. The van der Waals surface area contributed by atoms with Gasteiger partial charge in [-0.15, -0.1) is 0 Å². The number of aromatic nitrogens is 2. The highest BCUT2D eigenvalue weighted by molar-refractivity contribution is 5.95. The van der Waals surface area contributed by atoms with Gasteiger partial charge in [-0.3, -0.25) is 9.59 Å². The average Bonchev–Trinajstić information content (AvgIpc) is 2.97. The quantitative estimate of drug-likeness (QED) is 0.231. The van der Waals surface area contributed by atoms with Crippen molar-refractivity contribution in [3.05, 3.63) is 142 Å². The summed E-state index contributed by atoms with van der Waals surface area (Å²) in [6.07, 6.45) is 1.42. The van der Waals surface area contributed by atoms with Gasteiger partial charge in [0, 0.05) is 11.3 Å². The molecule has 0 fully saturated rings. The number of benzene rings is 4. The minimum Gasteiger partial charge on any atom is -0.453 e. The molecule has 1 amide bonds. The number of rotatable bonds is 8. The second-order valence-corrected chi connectivity index (χ2v) is 9.30. The number of hydrogen-bond acceptors (Lipinski definition) is 5. The molecule has 40 heavy (non-hydrogen) atoms. The van der Waals surface area contributed by atoms with Crippen molar-refractivity contribution in [3.8, 4) is 17.2 Å². The molecule has 0 saturated carbocycles. The van der Waals surface area contributed by atoms with Crippen molar-refractivity contribution in [1.82, 2.24) is 15.1 Å². The van der Waals surface area contributed by atoms with E-state index in [0.717, 1.165) is 15.8 Å². The molecule has 0 spiro atoms. The van der Waals surface area contributed by atoms with Crippen molar-refractivity contribution in [2.75, 3.05) is 5.32 Å². The zero-order chi connectivity index (χ0) is 28.1. The smallest absolute Gasteiger partial charge is 0.299 e. The fourth-order valence-electron chi connectivity index (χ4n) is 4.12. The van der Waals surface area contributed by atoms with E-state index in [1.54, 1.807) is 36.4 Å². The lowest BCUT2D eigenvalue weighted by atomic mass is 10.1. The van der Waals surface area contributed by atoms with Gasteiger partial charge in [0.15, 0.2) is 11.4 Å². The average molecular weight is 535 g/mol. The second-order valence-electron chi connectivity index (χ2n) is 9.30. The Bertz CT molecular complexity index is 1690. The lowest BCUT2D eigenvalue weighted by molar-refractivity contribution is 0.0940. The van der Waals surface area contributed by atoms with E-state index < -0.39 is 11.4 Å². The Kier molecular flexibility index (Phi) is 7.68. The molecule has 5 aromatic rings. The van der Waals surface area contributed by atoms with Crippen LogP contribution in [0.25, 0.3) is 5.69 Å². The number of ether oxygens (including phenoxy) is 1. The van der Waals surface area contributed by atoms with Crippen molar-refractivity contribution in [2.24, 2.45) is 0 Å². The Hall–Kier alpha value is -5.24. The van der Waals surface area contributed by atoms with Crippen LogP contribution in [0.2, 0.25) is 0 Å². The summed E-state index contributed by atoms with van der Waals surface area (Å²) in [6.45, 7) is 3.88. The predicted octanol–water partition coefficient (Wildman–Crippen LogP) is 6.71. The number of halogens is 1. The number of aryl methyl sites for hydroxylation is 1. The molecule has 5 rings (SSSR count). The molecule has 1 heterocycles. The van der Waals surface area contributed by atoms with E-state index in [9.17, 15) is 14.0 Å². The molecule has 1 atom stereocenters. The van der Waals surface area contributed by atoms with Crippen LogP contribution < -0.4 is 20.9 Å². The molecule has 200 valence electrons. The number of nitrogens with zero attached hydrogens (tertiary/aromatic N) is 2. The van der Waals surface area contributed by atoms with Gasteiger partial charge in [0.1, 0.15) is 11.6 Å². The molecule has 1 aromatic heterocycles. The number of hydrogen-bond donors (Lipinski definition) is 2. The summed E-state index contributed by atoms with van der Waals surface area (Å²) in [6, 6.07) is 29.1. The van der Waals surface area contributed by atoms with Crippen LogP contribution in [0.4, 0.5) is 15.8 Å². The van der Waals surface area contributed by atoms with E-state index >= 15 is 0 Å². The van der Waals surface area contributed by atoms with Crippen LogP contribution in [0.3, 0.4) is 0 Å². The van der Waals surface area contributed by atoms with Crippen molar-refractivity contribution in [2.45, 2.75) is 19.9 Å². The maximum Gasteiger partial charge on any atom is 0.299 e. The van der Waals surface area contributed by atoms with Crippen LogP contribution in [0, 0.1) is 12.7 Å². The molecular formula is C32H27FN4O3. The van der Waals surface area contributed by atoms with Crippen molar-refractivity contribution < 1.29 is 13.9 Å². The van der Waals surface area contributed by atoms with Gasteiger partial charge in [0.05, 0.1) is 17.9 Å². The fraction of sp³-hybridized carbons (Fsp3) is 0.0938. The summed E-state index contributed by atoms with van der Waals surface area (Å²) in [5.41, 5.74) is 2.95. The third-order valence-electron chi connectivity index (χ3n) is 6.30. The van der Waals surface area contributed by atoms with Gasteiger partial charge in [-0.1, -0.05) is 54.1 Å². The summed E-state index contributed by atoms with van der Waals surface area (Å²) in [4.78, 5) is 26.7. The molecule has 2 N–H and O–H groups in total. The molecule has 0 unspecified atom stereocenters. The topological polar surface area (TPSA) is 85.2 Å². The molecule has 7 nitrogen and oxygen atoms in total. The van der Waals surface area contributed by atoms with E-state index in [0.29, 0.717) is 22.7 Å². The molecule has 0 aliphatic rings. The third kappa shape index (κ3) is 6.07. The molecule has 0 saturated heterocycles. The number of amides is 1. The van der Waals surface area contributed by atoms with Crippen LogP contribution in [0.15, 0.2) is 114 Å². The van der Waals surface area contributed by atoms with Crippen LogP contribution in [-0.4, -0.2) is 15.7 Å². The van der Waals surface area contributed by atoms with Crippen molar-refractivity contribution in [1.29, 1.82) is 0 Å². The third-order valence-corrected chi connectivity index (χ3v) is 6.30. The van der Waals surface area contributed by atoms with Crippen molar-refractivity contribution in [3.63, 3.8) is 0 Å². The molecule has 0 aliphatic carbocycles. The first-order valence-electron chi connectivity index (χ1n) is 12.7. The van der Waals surface area contributed by atoms with Crippen LogP contribution in [-0.2, 0) is 0 Å². The minimum atomic E-state index is -0.510. The molecule has 8 heteroatoms. The first-order valence-corrected chi connectivity index (χ1v) is 12.7. The summed E-state index contributed by atoms with van der Waals surface area (Å²) < 4.78 is 20.7. The zero-order valence-electron chi connectivity index (χ0n) is 22.0. The standard InChI is InChI=1S/C32H27FN4O3/c1-21-11-17-28(18-12-21)40-29-20-34-37(27-15-13-25(33)14-16-27)32(39)30(29)36-26-10-6-9-24(19-26)31(38)35-22(2)23-7-4-3-5-8-23/h3-20,22,36H,1-2H3,(H,35,38)/t22-/m0/s1. The Morgan fingerprint density at radius 3 is 2.38 bits per heavy atom. The van der Waals surface area contributed by atoms with Gasteiger partial charge >= 0.3 is 0 Å². The first-order chi connectivity index (χ1) is 19.4. The summed E-state index contributed by atoms with van der Waals surface area (Å²) in [7, 11) is 0. The Labute approximate surface area is 230 Å². The summed E-state index contributed by atoms with van der Waals surface area (Å²) >= 11 is 0. The SMILES string of the molecule is Cc1ccc(Oc2cnn(-c3ccc(F)cc3)c(=O)c2Nc2cccc(C(=O)N[C@@H](C)c3ccccc3)c2)cc1. The van der Waals surface area contributed by atoms with Gasteiger partial charge < -0.3 is 15.4 Å². The second kappa shape index (κ2) is 11.7. The molecule has 0 bridgehead atoms. The molecular weight excluding hydrogens is 507 g/mol. The number of carbonyl (C=O) groups is 1. The zero-order valence-corrected chi connectivity index (χ0v) is 22.0. The van der Waals surface area contributed by atoms with Crippen LogP contribution in [0.5, 0.6) is 11.5 Å². The molecule has 4 aromatic carbocycles. The van der Waals surface area contributed by atoms with Gasteiger partial charge in [-0.25, -0.2) is 4.39 Å². The van der Waals surface area contributed by atoms with E-state index in [-0.39, 0.29) is 23.4 Å². The van der Waals surface area contributed by atoms with E-state index in [1.807, 2.05) is 56.3 Å². The summed E-state index contributed by atoms with van der Waals surface area (Å²) in [5, 5.41) is 10.4. The Balaban J connectivity index is 1.47. The Morgan fingerprint density at radius 2 is 1.65 bits per heavy atom. The van der Waals surface area contributed by atoms with Crippen LogP contribution in [0.1, 0.15) is 34.5 Å². The highest BCUT2D eigenvalue weighted by Crippen LogP contribution is 2.29. The van der Waals surface area contributed by atoms with E-state index in [4.69, 9.17) is 4.74 Å². The minimum absolute atomic E-state index is 0.107. The largest absolute Gasteiger partial charge is 0.453 e. The van der Waals surface area contributed by atoms with Gasteiger partial charge in [0.25, 0.3) is 11.5 Å². The predicted molar refractivity (Wildman–Crippen MR) is 153 cm³/mol. The van der Waals surface area contributed by atoms with E-state index in [1.165, 1.54) is 30.5 Å². The number of anilines is 2. The monoisotopic (exact) mass is 534 g/mol. The molecule has 0 aliphatic heterocycles. The van der Waals surface area contributed by atoms with E-state index in [2.05, 4.69) is 15.7 Å². The first kappa shape index (κ1) is 26.4. The van der Waals surface area contributed by atoms with Crippen molar-refractivity contribution >= 4 is 17.3 Å². The summed E-state index contributed by atoms with van der Waals surface area (Å²) in [5.74, 6) is 0.0397. The maximum absolute atomic E-state index is 13.6. The van der Waals surface area contributed by atoms with Crippen LogP contribution >= 0.6 is 0 Å². The fourth-order valence-corrected chi connectivity index (χ4v) is 4.12. The lowest BCUT2D eigenvalue weighted by Crippen LogP contribution is -2.26. The number of nitrogens with one attached hydrogen (secondary N) is 2. The van der Waals surface area contributed by atoms with Gasteiger partial charge in [-0.05, 0) is 74.0 Å². The highest BCUT2D eigenvalue weighted by atomic mass is 19.1. The highest BCUT2D eigenvalue weighted by Gasteiger charge is 2.17. The van der Waals surface area contributed by atoms with Gasteiger partial charge in [-0.2, -0.15) is 9.78 Å². The maximum atomic E-state index is 13.6. The molecule has 0 radical (unpaired) electrons. The Morgan fingerprint density at radius 1 is 0.925 bits per heavy atom. The number of carbonyl (C=O) groups excluding carboxylic acids is 1. The van der Waals surface area contributed by atoms with Gasteiger partial charge in [0.2, 0.25) is 0 Å².